The van der Waals surface area contributed by atoms with Crippen LogP contribution in [0.1, 0.15) is 21.6 Å². The summed E-state index contributed by atoms with van der Waals surface area (Å²) < 4.78 is 28.6. The van der Waals surface area contributed by atoms with Crippen LogP contribution in [0, 0.1) is 5.92 Å². The number of hydrogen-bond acceptors (Lipinski definition) is 3. The third-order valence-electron chi connectivity index (χ3n) is 2.11. The smallest absolute Gasteiger partial charge is 0.325 e. The van der Waals surface area contributed by atoms with Gasteiger partial charge in [-0.3, -0.25) is 4.57 Å². The average molecular weight is 210 g/mol. The molecule has 78 valence electrons. The Labute approximate surface area is 80.2 Å². The third-order valence-corrected chi connectivity index (χ3v) is 2.83. The first-order chi connectivity index (χ1) is 6.29. The van der Waals surface area contributed by atoms with Crippen molar-refractivity contribution in [3.05, 3.63) is 0 Å². The Morgan fingerprint density at radius 1 is 1.85 bits per heavy atom. The van der Waals surface area contributed by atoms with Crippen LogP contribution in [-0.4, -0.2) is 30.3 Å². The number of ether oxygens (including phenoxy) is 1. The van der Waals surface area contributed by atoms with Crippen LogP contribution < -0.4 is 0 Å². The molecule has 1 unspecified atom stereocenters. The van der Waals surface area contributed by atoms with Gasteiger partial charge in [0.1, 0.15) is 0 Å². The predicted molar refractivity (Wildman–Crippen MR) is 49.8 cm³/mol. The van der Waals surface area contributed by atoms with E-state index >= 15 is 0 Å². The minimum absolute atomic E-state index is 0.194. The van der Waals surface area contributed by atoms with Gasteiger partial charge in [0.05, 0.1) is 13.6 Å². The largest absolute Gasteiger partial charge is 0.375 e. The molecule has 1 fully saturated rings. The highest BCUT2D eigenvalue weighted by Crippen LogP contribution is 2.40. The van der Waals surface area contributed by atoms with Crippen molar-refractivity contribution in [2.24, 2.45) is 5.92 Å². The van der Waals surface area contributed by atoms with Gasteiger partial charge in [-0.25, -0.2) is 0 Å². The fourth-order valence-corrected chi connectivity index (χ4v) is 2.27. The molecule has 0 aliphatic carbocycles. The summed E-state index contributed by atoms with van der Waals surface area (Å²) in [4.78, 5) is 9.03. The molecule has 1 aliphatic rings. The van der Waals surface area contributed by atoms with Crippen LogP contribution >= 0.6 is 7.60 Å². The summed E-state index contributed by atoms with van der Waals surface area (Å²) in [6, 6.07) is 0. The molecule has 0 amide bonds. The van der Waals surface area contributed by atoms with Crippen LogP contribution in [0.15, 0.2) is 0 Å². The summed E-state index contributed by atoms with van der Waals surface area (Å²) in [6.45, 7) is 4.28. The zero-order valence-corrected chi connectivity index (χ0v) is 9.03. The molecule has 1 saturated heterocycles. The van der Waals surface area contributed by atoms with E-state index in [-0.39, 0.29) is 12.0 Å². The van der Waals surface area contributed by atoms with Crippen LogP contribution in [0.3, 0.4) is 0 Å². The van der Waals surface area contributed by atoms with E-state index < -0.39 is 20.3 Å². The topological polar surface area (TPSA) is 55.8 Å². The summed E-state index contributed by atoms with van der Waals surface area (Å²) in [7, 11) is -3.46. The van der Waals surface area contributed by atoms with Crippen molar-refractivity contribution in [2.75, 3.05) is 13.2 Å². The maximum absolute atomic E-state index is 11.0. The Hall–Kier alpha value is 0.110. The highest BCUT2D eigenvalue weighted by atomic mass is 31.2. The maximum Gasteiger partial charge on any atom is 0.325 e. The Balaban J connectivity index is 2.53. The highest BCUT2D eigenvalue weighted by Gasteiger charge is 2.32. The van der Waals surface area contributed by atoms with E-state index in [2.05, 4.69) is 0 Å². The summed E-state index contributed by atoms with van der Waals surface area (Å²) in [5.74, 6) is 0.194. The van der Waals surface area contributed by atoms with Gasteiger partial charge in [0, 0.05) is 13.2 Å². The average Bonchev–Trinajstić information content (AvgIpc) is 2.26. The molecule has 1 aliphatic heterocycles. The standard InChI is InChI=1S/C8H17O4P/c1-6-4-5-11-8(6)7(2)12-13(3,9)10/h6-8H,4-5H2,1-3H3,(H,9,10)/t6-,7-,8-/m0/s1/i5T/t5-,6+,7+,8+/m1. The van der Waals surface area contributed by atoms with E-state index in [1.165, 1.54) is 0 Å². The third kappa shape index (κ3) is 3.39. The molecule has 1 N–H and O–H groups in total. The van der Waals surface area contributed by atoms with Crippen molar-refractivity contribution in [1.29, 1.82) is 0 Å². The molecular formula is C8H17O4P. The zero-order valence-electron chi connectivity index (χ0n) is 9.14. The lowest BCUT2D eigenvalue weighted by Gasteiger charge is -2.23. The first kappa shape index (κ1) is 9.66. The van der Waals surface area contributed by atoms with E-state index in [0.29, 0.717) is 6.42 Å². The second kappa shape index (κ2) is 4.09. The molecule has 0 spiro atoms. The van der Waals surface area contributed by atoms with Crippen molar-refractivity contribution in [1.82, 2.24) is 0 Å². The molecule has 0 radical (unpaired) electrons. The van der Waals surface area contributed by atoms with E-state index in [4.69, 9.17) is 15.5 Å². The fraction of sp³-hybridized carbons (Fsp3) is 1.00. The maximum atomic E-state index is 11.0. The van der Waals surface area contributed by atoms with Gasteiger partial charge in [0.25, 0.3) is 0 Å². The van der Waals surface area contributed by atoms with Gasteiger partial charge >= 0.3 is 7.60 Å². The normalized spacial score (nSPS) is 42.5. The molecule has 0 aromatic heterocycles. The highest BCUT2D eigenvalue weighted by molar-refractivity contribution is 7.51. The minimum atomic E-state index is -3.46. The van der Waals surface area contributed by atoms with Crippen LogP contribution in [0.4, 0.5) is 0 Å². The summed E-state index contributed by atoms with van der Waals surface area (Å²) in [5, 5.41) is 0. The SMILES string of the molecule is [3H][C@@H]1C[C@H](C)[C@@H]([C@H](C)OP(C)(=O)O)O1. The fourth-order valence-electron chi connectivity index (χ4n) is 1.53. The minimum Gasteiger partial charge on any atom is -0.375 e. The molecule has 13 heavy (non-hydrogen) atoms. The van der Waals surface area contributed by atoms with Crippen molar-refractivity contribution in [3.8, 4) is 0 Å². The molecule has 5 heteroatoms. The summed E-state index contributed by atoms with van der Waals surface area (Å²) >= 11 is 0. The van der Waals surface area contributed by atoms with E-state index in [0.717, 1.165) is 6.66 Å². The van der Waals surface area contributed by atoms with Crippen molar-refractivity contribution in [2.45, 2.75) is 32.5 Å². The molecule has 1 heterocycles. The Kier molecular flexibility index (Phi) is 3.04. The van der Waals surface area contributed by atoms with E-state index in [1.54, 1.807) is 6.92 Å². The quantitative estimate of drug-likeness (QED) is 0.719. The van der Waals surface area contributed by atoms with Gasteiger partial charge in [-0.2, -0.15) is 0 Å². The van der Waals surface area contributed by atoms with Gasteiger partial charge in [0.15, 0.2) is 0 Å². The summed E-state index contributed by atoms with van der Waals surface area (Å²) in [5.41, 5.74) is 0. The van der Waals surface area contributed by atoms with Crippen molar-refractivity contribution >= 4 is 7.60 Å². The lowest BCUT2D eigenvalue weighted by atomic mass is 10.0. The van der Waals surface area contributed by atoms with Crippen LogP contribution in [0.25, 0.3) is 0 Å². The Morgan fingerprint density at radius 3 is 2.85 bits per heavy atom. The van der Waals surface area contributed by atoms with Gasteiger partial charge in [-0.1, -0.05) is 6.92 Å². The second-order valence-electron chi connectivity index (χ2n) is 3.59. The molecular weight excluding hydrogens is 191 g/mol. The molecule has 1 rings (SSSR count). The van der Waals surface area contributed by atoms with E-state index in [9.17, 15) is 4.57 Å². The zero-order chi connectivity index (χ0) is 10.9. The Bertz CT molecular complexity index is 241. The number of hydrogen-bond donors (Lipinski definition) is 1. The molecule has 0 aromatic carbocycles. The van der Waals surface area contributed by atoms with Crippen LogP contribution in [-0.2, 0) is 13.8 Å². The Morgan fingerprint density at radius 2 is 2.46 bits per heavy atom. The monoisotopic (exact) mass is 210 g/mol. The van der Waals surface area contributed by atoms with Gasteiger partial charge < -0.3 is 14.2 Å². The first-order valence-electron chi connectivity index (χ1n) is 4.93. The van der Waals surface area contributed by atoms with E-state index in [1.807, 2.05) is 6.92 Å². The first-order valence-corrected chi connectivity index (χ1v) is 6.38. The van der Waals surface area contributed by atoms with Gasteiger partial charge in [0.2, 0.25) is 0 Å². The second-order valence-corrected chi connectivity index (χ2v) is 5.41. The van der Waals surface area contributed by atoms with Crippen molar-refractivity contribution < 1.29 is 20.1 Å². The molecule has 4 nitrogen and oxygen atoms in total. The summed E-state index contributed by atoms with van der Waals surface area (Å²) in [6.07, 6.45) is -0.0447. The lowest BCUT2D eigenvalue weighted by Crippen LogP contribution is -2.29. The predicted octanol–water partition coefficient (Wildman–Crippen LogP) is 1.63. The molecule has 5 atom stereocenters. The van der Waals surface area contributed by atoms with Crippen molar-refractivity contribution in [3.63, 3.8) is 0 Å². The van der Waals surface area contributed by atoms with Crippen LogP contribution in [0.2, 0.25) is 0 Å². The molecule has 0 aromatic rings. The molecule has 0 bridgehead atoms. The van der Waals surface area contributed by atoms with Crippen LogP contribution in [0.5, 0.6) is 0 Å². The molecule has 0 saturated carbocycles. The van der Waals surface area contributed by atoms with Gasteiger partial charge in [-0.15, -0.1) is 0 Å². The number of rotatable bonds is 3. The van der Waals surface area contributed by atoms with Gasteiger partial charge in [-0.05, 0) is 19.3 Å². The lowest BCUT2D eigenvalue weighted by molar-refractivity contribution is 0.00202.